The predicted molar refractivity (Wildman–Crippen MR) is 118 cm³/mol. The van der Waals surface area contributed by atoms with E-state index in [0.717, 1.165) is 29.9 Å². The van der Waals surface area contributed by atoms with Gasteiger partial charge in [-0.15, -0.1) is 11.8 Å². The van der Waals surface area contributed by atoms with E-state index in [1.54, 1.807) is 12.3 Å². The highest BCUT2D eigenvalue weighted by molar-refractivity contribution is 7.99. The molecule has 0 aliphatic heterocycles. The Labute approximate surface area is 179 Å². The van der Waals surface area contributed by atoms with Gasteiger partial charge in [0.15, 0.2) is 0 Å². The van der Waals surface area contributed by atoms with Crippen LogP contribution in [0.1, 0.15) is 72.3 Å². The Morgan fingerprint density at radius 1 is 1.28 bits per heavy atom. The van der Waals surface area contributed by atoms with Crippen LogP contribution in [-0.2, 0) is 14.3 Å². The molecule has 1 rings (SSSR count). The molecule has 0 aromatic carbocycles. The molecule has 0 aliphatic rings. The molecule has 0 saturated heterocycles. The number of hydrogen-bond acceptors (Lipinski definition) is 6. The van der Waals surface area contributed by atoms with Crippen molar-refractivity contribution >= 4 is 29.5 Å². The zero-order chi connectivity index (χ0) is 21.9. The molecule has 6 nitrogen and oxygen atoms in total. The standard InChI is InChI=1S/C22H36N2O4S/c1-7-9-10-17(8-2)15-27-19(25)12-14-29-20-16(3)18(11-13-23-20)24-21(26)28-22(4,5)6/h11,13,17H,7-10,12,14-15H2,1-6H3,(H,23,24,26). The maximum Gasteiger partial charge on any atom is 0.412 e. The van der Waals surface area contributed by atoms with E-state index in [1.807, 2.05) is 27.7 Å². The van der Waals surface area contributed by atoms with Gasteiger partial charge in [-0.2, -0.15) is 0 Å². The van der Waals surface area contributed by atoms with Crippen molar-refractivity contribution in [3.63, 3.8) is 0 Å². The van der Waals surface area contributed by atoms with E-state index in [1.165, 1.54) is 18.2 Å². The number of esters is 1. The number of pyridine rings is 1. The topological polar surface area (TPSA) is 77.5 Å². The number of aromatic nitrogens is 1. The minimum absolute atomic E-state index is 0.173. The summed E-state index contributed by atoms with van der Waals surface area (Å²) >= 11 is 1.48. The van der Waals surface area contributed by atoms with Crippen LogP contribution in [0.25, 0.3) is 0 Å². The van der Waals surface area contributed by atoms with Crippen molar-refractivity contribution in [2.75, 3.05) is 17.7 Å². The van der Waals surface area contributed by atoms with Gasteiger partial charge in [0, 0.05) is 17.5 Å². The molecule has 1 aromatic rings. The first-order valence-electron chi connectivity index (χ1n) is 10.4. The van der Waals surface area contributed by atoms with Crippen molar-refractivity contribution in [2.45, 2.75) is 84.3 Å². The van der Waals surface area contributed by atoms with Crippen LogP contribution in [0.5, 0.6) is 0 Å². The third-order valence-corrected chi connectivity index (χ3v) is 5.45. The van der Waals surface area contributed by atoms with Crippen molar-refractivity contribution in [1.82, 2.24) is 4.98 Å². The normalized spacial score (nSPS) is 12.3. The highest BCUT2D eigenvalue weighted by Gasteiger charge is 2.18. The average Bonchev–Trinajstić information content (AvgIpc) is 2.63. The summed E-state index contributed by atoms with van der Waals surface area (Å²) in [4.78, 5) is 28.4. The van der Waals surface area contributed by atoms with Crippen LogP contribution in [-0.4, -0.2) is 35.0 Å². The van der Waals surface area contributed by atoms with Gasteiger partial charge in [0.05, 0.1) is 18.7 Å². The van der Waals surface area contributed by atoms with Gasteiger partial charge >= 0.3 is 12.1 Å². The summed E-state index contributed by atoms with van der Waals surface area (Å²) in [5, 5.41) is 3.53. The Bertz CT molecular complexity index is 659. The predicted octanol–water partition coefficient (Wildman–Crippen LogP) is 5.98. The fraction of sp³-hybridized carbons (Fsp3) is 0.682. The third kappa shape index (κ3) is 10.5. The Morgan fingerprint density at radius 2 is 2.00 bits per heavy atom. The highest BCUT2D eigenvalue weighted by atomic mass is 32.2. The van der Waals surface area contributed by atoms with Gasteiger partial charge in [-0.05, 0) is 46.1 Å². The van der Waals surface area contributed by atoms with E-state index in [4.69, 9.17) is 9.47 Å². The van der Waals surface area contributed by atoms with Crippen molar-refractivity contribution in [3.05, 3.63) is 17.8 Å². The number of carbonyl (C=O) groups excluding carboxylic acids is 2. The molecule has 1 unspecified atom stereocenters. The minimum Gasteiger partial charge on any atom is -0.465 e. The Balaban J connectivity index is 2.48. The van der Waals surface area contributed by atoms with Gasteiger partial charge in [0.2, 0.25) is 0 Å². The van der Waals surface area contributed by atoms with Crippen molar-refractivity contribution in [1.29, 1.82) is 0 Å². The molecule has 1 amide bonds. The van der Waals surface area contributed by atoms with Crippen molar-refractivity contribution in [2.24, 2.45) is 5.92 Å². The van der Waals surface area contributed by atoms with E-state index in [9.17, 15) is 9.59 Å². The first-order valence-corrected chi connectivity index (χ1v) is 11.4. The SMILES string of the molecule is CCCCC(CC)COC(=O)CCSc1nccc(NC(=O)OC(C)(C)C)c1C. The van der Waals surface area contributed by atoms with Crippen LogP contribution in [0, 0.1) is 12.8 Å². The van der Waals surface area contributed by atoms with E-state index in [-0.39, 0.29) is 5.97 Å². The number of ether oxygens (including phenoxy) is 2. The summed E-state index contributed by atoms with van der Waals surface area (Å²) in [6, 6.07) is 1.73. The van der Waals surface area contributed by atoms with Crippen molar-refractivity contribution < 1.29 is 19.1 Å². The van der Waals surface area contributed by atoms with Crippen LogP contribution >= 0.6 is 11.8 Å². The average molecular weight is 425 g/mol. The molecule has 1 heterocycles. The number of nitrogens with zero attached hydrogens (tertiary/aromatic N) is 1. The van der Waals surface area contributed by atoms with Gasteiger partial charge in [-0.3, -0.25) is 10.1 Å². The van der Waals surface area contributed by atoms with E-state index >= 15 is 0 Å². The monoisotopic (exact) mass is 424 g/mol. The van der Waals surface area contributed by atoms with E-state index in [0.29, 0.717) is 30.4 Å². The van der Waals surface area contributed by atoms with Crippen LogP contribution in [0.15, 0.2) is 17.3 Å². The second kappa shape index (κ2) is 12.7. The lowest BCUT2D eigenvalue weighted by Gasteiger charge is -2.20. The second-order valence-electron chi connectivity index (χ2n) is 8.11. The Morgan fingerprint density at radius 3 is 2.62 bits per heavy atom. The molecule has 7 heteroatoms. The lowest BCUT2D eigenvalue weighted by Crippen LogP contribution is -2.27. The quantitative estimate of drug-likeness (QED) is 0.348. The fourth-order valence-electron chi connectivity index (χ4n) is 2.62. The molecule has 0 fully saturated rings. The molecular weight excluding hydrogens is 388 g/mol. The Hall–Kier alpha value is -1.76. The van der Waals surface area contributed by atoms with Gasteiger partial charge in [-0.1, -0.05) is 33.1 Å². The Kier molecular flexibility index (Phi) is 11.1. The number of amides is 1. The van der Waals surface area contributed by atoms with Crippen LogP contribution < -0.4 is 5.32 Å². The maximum absolute atomic E-state index is 12.0. The van der Waals surface area contributed by atoms with Crippen LogP contribution in [0.3, 0.4) is 0 Å². The number of carbonyl (C=O) groups is 2. The third-order valence-electron chi connectivity index (χ3n) is 4.36. The lowest BCUT2D eigenvalue weighted by molar-refractivity contribution is -0.144. The second-order valence-corrected chi connectivity index (χ2v) is 9.20. The van der Waals surface area contributed by atoms with Gasteiger partial charge in [0.1, 0.15) is 10.6 Å². The van der Waals surface area contributed by atoms with Gasteiger partial charge in [-0.25, -0.2) is 9.78 Å². The summed E-state index contributed by atoms with van der Waals surface area (Å²) in [5.41, 5.74) is 0.944. The van der Waals surface area contributed by atoms with Gasteiger partial charge < -0.3 is 9.47 Å². The molecule has 29 heavy (non-hydrogen) atoms. The zero-order valence-electron chi connectivity index (χ0n) is 18.7. The number of rotatable bonds is 11. The summed E-state index contributed by atoms with van der Waals surface area (Å²) in [5.74, 6) is 0.855. The number of thioether (sulfide) groups is 1. The van der Waals surface area contributed by atoms with Crippen molar-refractivity contribution in [3.8, 4) is 0 Å². The first kappa shape index (κ1) is 25.3. The number of hydrogen-bond donors (Lipinski definition) is 1. The molecule has 164 valence electrons. The molecule has 1 N–H and O–H groups in total. The summed E-state index contributed by atoms with van der Waals surface area (Å²) in [6.07, 6.45) is 5.94. The molecule has 0 bridgehead atoms. The molecular formula is C22H36N2O4S. The van der Waals surface area contributed by atoms with E-state index in [2.05, 4.69) is 24.1 Å². The lowest BCUT2D eigenvalue weighted by atomic mass is 10.0. The highest BCUT2D eigenvalue weighted by Crippen LogP contribution is 2.26. The number of nitrogens with one attached hydrogen (secondary N) is 1. The van der Waals surface area contributed by atoms with Crippen LogP contribution in [0.4, 0.5) is 10.5 Å². The summed E-state index contributed by atoms with van der Waals surface area (Å²) in [6.45, 7) is 12.2. The summed E-state index contributed by atoms with van der Waals surface area (Å²) < 4.78 is 10.7. The molecule has 0 spiro atoms. The summed E-state index contributed by atoms with van der Waals surface area (Å²) in [7, 11) is 0. The zero-order valence-corrected chi connectivity index (χ0v) is 19.5. The fourth-order valence-corrected chi connectivity index (χ4v) is 3.55. The molecule has 1 atom stereocenters. The largest absolute Gasteiger partial charge is 0.465 e. The minimum atomic E-state index is -0.559. The smallest absolute Gasteiger partial charge is 0.412 e. The number of unbranched alkanes of at least 4 members (excludes halogenated alkanes) is 1. The molecule has 1 aromatic heterocycles. The molecule has 0 aliphatic carbocycles. The number of anilines is 1. The first-order chi connectivity index (χ1) is 13.7. The molecule has 0 radical (unpaired) electrons. The van der Waals surface area contributed by atoms with Crippen LogP contribution in [0.2, 0.25) is 0 Å². The maximum atomic E-state index is 12.0. The van der Waals surface area contributed by atoms with Gasteiger partial charge in [0.25, 0.3) is 0 Å². The van der Waals surface area contributed by atoms with E-state index < -0.39 is 11.7 Å². The molecule has 0 saturated carbocycles.